The summed E-state index contributed by atoms with van der Waals surface area (Å²) in [5.74, 6) is 0.961. The largest absolute Gasteiger partial charge is 0.469 e. The molecule has 1 aliphatic carbocycles. The molecule has 6 nitrogen and oxygen atoms in total. The van der Waals surface area contributed by atoms with Crippen molar-refractivity contribution in [3.63, 3.8) is 0 Å². The summed E-state index contributed by atoms with van der Waals surface area (Å²) < 4.78 is 6.64. The number of benzene rings is 1. The van der Waals surface area contributed by atoms with Crippen LogP contribution in [0, 0.1) is 11.8 Å². The number of fused-ring (bicyclic) bond motifs is 1. The molecule has 0 amide bonds. The summed E-state index contributed by atoms with van der Waals surface area (Å²) in [6.07, 6.45) is 5.58. The second-order valence-electron chi connectivity index (χ2n) is 7.88. The molecule has 1 saturated carbocycles. The van der Waals surface area contributed by atoms with Gasteiger partial charge in [0.25, 0.3) is 0 Å². The van der Waals surface area contributed by atoms with Crippen molar-refractivity contribution in [1.82, 2.24) is 14.7 Å². The number of aliphatic hydroxyl groups excluding tert-OH is 1. The minimum atomic E-state index is -0.316. The summed E-state index contributed by atoms with van der Waals surface area (Å²) in [4.78, 5) is 13.9. The molecule has 0 spiro atoms. The molecular weight excluding hydrogens is 342 g/mol. The fourth-order valence-corrected chi connectivity index (χ4v) is 4.65. The summed E-state index contributed by atoms with van der Waals surface area (Å²) in [6, 6.07) is 10.2. The van der Waals surface area contributed by atoms with Gasteiger partial charge in [0.2, 0.25) is 0 Å². The highest BCUT2D eigenvalue weighted by Gasteiger charge is 2.42. The minimum absolute atomic E-state index is 0.0961. The van der Waals surface area contributed by atoms with Gasteiger partial charge in [0.05, 0.1) is 25.7 Å². The third-order valence-electron chi connectivity index (χ3n) is 6.05. The number of nitrogens with zero attached hydrogens (tertiary/aromatic N) is 3. The molecule has 2 heterocycles. The Balaban J connectivity index is 1.35. The van der Waals surface area contributed by atoms with Gasteiger partial charge in [-0.3, -0.25) is 14.4 Å². The lowest BCUT2D eigenvalue weighted by Gasteiger charge is -2.35. The van der Waals surface area contributed by atoms with E-state index in [1.165, 1.54) is 12.7 Å². The fraction of sp³-hybridized carbons (Fsp3) is 0.524. The van der Waals surface area contributed by atoms with Crippen molar-refractivity contribution in [2.45, 2.75) is 38.0 Å². The van der Waals surface area contributed by atoms with Gasteiger partial charge >= 0.3 is 5.97 Å². The normalized spacial score (nSPS) is 28.1. The Morgan fingerprint density at radius 3 is 2.56 bits per heavy atom. The Morgan fingerprint density at radius 2 is 1.89 bits per heavy atom. The highest BCUT2D eigenvalue weighted by Crippen LogP contribution is 2.41. The molecule has 144 valence electrons. The van der Waals surface area contributed by atoms with Crippen LogP contribution in [0.5, 0.6) is 0 Å². The first kappa shape index (κ1) is 18.2. The summed E-state index contributed by atoms with van der Waals surface area (Å²) >= 11 is 0. The van der Waals surface area contributed by atoms with E-state index in [4.69, 9.17) is 4.74 Å². The van der Waals surface area contributed by atoms with Gasteiger partial charge in [0.15, 0.2) is 0 Å². The Bertz CT molecular complexity index is 759. The van der Waals surface area contributed by atoms with Crippen molar-refractivity contribution in [3.8, 4) is 0 Å². The average Bonchev–Trinajstić information content (AvgIpc) is 3.31. The van der Waals surface area contributed by atoms with Gasteiger partial charge in [0.1, 0.15) is 0 Å². The number of aliphatic hydroxyl groups is 1. The van der Waals surface area contributed by atoms with Crippen molar-refractivity contribution in [1.29, 1.82) is 0 Å². The van der Waals surface area contributed by atoms with Gasteiger partial charge in [-0.15, -0.1) is 0 Å². The molecule has 1 aromatic heterocycles. The van der Waals surface area contributed by atoms with E-state index in [0.29, 0.717) is 18.3 Å². The predicted octanol–water partition coefficient (Wildman–Crippen LogP) is 2.04. The van der Waals surface area contributed by atoms with Crippen molar-refractivity contribution in [2.75, 3.05) is 20.2 Å². The molecule has 27 heavy (non-hydrogen) atoms. The first-order valence-corrected chi connectivity index (χ1v) is 9.66. The van der Waals surface area contributed by atoms with Crippen LogP contribution in [0.2, 0.25) is 0 Å². The maximum atomic E-state index is 11.4. The van der Waals surface area contributed by atoms with Crippen LogP contribution < -0.4 is 0 Å². The number of hydrogen-bond acceptors (Lipinski definition) is 5. The third kappa shape index (κ3) is 4.06. The first-order chi connectivity index (χ1) is 13.1. The highest BCUT2D eigenvalue weighted by molar-refractivity contribution is 5.72. The standard InChI is InChI=1S/C21H27N3O3/c1-27-21(26)9-15-3-5-16(6-4-15)12-23-13-17-10-19(24-8-2-7-22-24)20(25)11-18(17)14-23/h2-8,17-20,25H,9-14H2,1H3/t17-,18+,19-,20-/m1/s1. The van der Waals surface area contributed by atoms with E-state index in [0.717, 1.165) is 38.0 Å². The molecule has 2 aromatic rings. The van der Waals surface area contributed by atoms with Crippen LogP contribution in [0.1, 0.15) is 30.0 Å². The van der Waals surface area contributed by atoms with Gasteiger partial charge in [-0.25, -0.2) is 0 Å². The van der Waals surface area contributed by atoms with Crippen molar-refractivity contribution >= 4 is 5.97 Å². The Hall–Kier alpha value is -2.18. The third-order valence-corrected chi connectivity index (χ3v) is 6.05. The van der Waals surface area contributed by atoms with Gasteiger partial charge in [-0.1, -0.05) is 24.3 Å². The number of carbonyl (C=O) groups excluding carboxylic acids is 1. The molecular formula is C21H27N3O3. The number of aromatic nitrogens is 2. The molecule has 1 aromatic carbocycles. The molecule has 4 atom stereocenters. The highest BCUT2D eigenvalue weighted by atomic mass is 16.5. The number of ether oxygens (including phenoxy) is 1. The Labute approximate surface area is 159 Å². The molecule has 1 N–H and O–H groups in total. The van der Waals surface area contributed by atoms with Gasteiger partial charge in [-0.05, 0) is 41.9 Å². The van der Waals surface area contributed by atoms with Crippen LogP contribution in [0.4, 0.5) is 0 Å². The molecule has 6 heteroatoms. The fourth-order valence-electron chi connectivity index (χ4n) is 4.65. The van der Waals surface area contributed by atoms with Crippen molar-refractivity contribution in [2.24, 2.45) is 11.8 Å². The molecule has 0 radical (unpaired) electrons. The van der Waals surface area contributed by atoms with E-state index in [9.17, 15) is 9.90 Å². The molecule has 1 saturated heterocycles. The molecule has 2 fully saturated rings. The van der Waals surface area contributed by atoms with Crippen LogP contribution in [0.3, 0.4) is 0 Å². The quantitative estimate of drug-likeness (QED) is 0.817. The van der Waals surface area contributed by atoms with Crippen molar-refractivity contribution in [3.05, 3.63) is 53.9 Å². The van der Waals surface area contributed by atoms with E-state index in [1.807, 2.05) is 29.1 Å². The van der Waals surface area contributed by atoms with Gasteiger partial charge in [0, 0.05) is 32.0 Å². The maximum absolute atomic E-state index is 11.4. The average molecular weight is 369 g/mol. The monoisotopic (exact) mass is 369 g/mol. The number of rotatable bonds is 5. The minimum Gasteiger partial charge on any atom is -0.469 e. The molecule has 0 unspecified atom stereocenters. The van der Waals surface area contributed by atoms with Gasteiger partial charge < -0.3 is 9.84 Å². The van der Waals surface area contributed by atoms with Crippen LogP contribution >= 0.6 is 0 Å². The molecule has 2 aliphatic rings. The number of likely N-dealkylation sites (tertiary alicyclic amines) is 1. The predicted molar refractivity (Wildman–Crippen MR) is 101 cm³/mol. The smallest absolute Gasteiger partial charge is 0.309 e. The lowest BCUT2D eigenvalue weighted by molar-refractivity contribution is -0.139. The molecule has 1 aliphatic heterocycles. The maximum Gasteiger partial charge on any atom is 0.309 e. The summed E-state index contributed by atoms with van der Waals surface area (Å²) in [6.45, 7) is 3.02. The number of hydrogen-bond donors (Lipinski definition) is 1. The second-order valence-corrected chi connectivity index (χ2v) is 7.88. The Kier molecular flexibility index (Phi) is 5.27. The topological polar surface area (TPSA) is 67.6 Å². The summed E-state index contributed by atoms with van der Waals surface area (Å²) in [5.41, 5.74) is 2.23. The van der Waals surface area contributed by atoms with Crippen molar-refractivity contribution < 1.29 is 14.6 Å². The van der Waals surface area contributed by atoms with E-state index in [-0.39, 0.29) is 18.1 Å². The lowest BCUT2D eigenvalue weighted by Crippen LogP contribution is -2.36. The summed E-state index contributed by atoms with van der Waals surface area (Å²) in [5, 5.41) is 14.9. The first-order valence-electron chi connectivity index (χ1n) is 9.66. The van der Waals surface area contributed by atoms with Crippen LogP contribution in [-0.2, 0) is 22.5 Å². The number of carbonyl (C=O) groups is 1. The van der Waals surface area contributed by atoms with E-state index in [1.54, 1.807) is 6.20 Å². The zero-order valence-corrected chi connectivity index (χ0v) is 15.7. The summed E-state index contributed by atoms with van der Waals surface area (Å²) in [7, 11) is 1.41. The SMILES string of the molecule is COC(=O)Cc1ccc(CN2C[C@H]3C[C@@H](n4cccn4)[C@H](O)C[C@H]3C2)cc1. The van der Waals surface area contributed by atoms with Crippen LogP contribution in [0.15, 0.2) is 42.7 Å². The van der Waals surface area contributed by atoms with E-state index >= 15 is 0 Å². The van der Waals surface area contributed by atoms with Gasteiger partial charge in [-0.2, -0.15) is 5.10 Å². The number of methoxy groups -OCH3 is 1. The van der Waals surface area contributed by atoms with E-state index in [2.05, 4.69) is 22.1 Å². The molecule has 0 bridgehead atoms. The van der Waals surface area contributed by atoms with Crippen LogP contribution in [0.25, 0.3) is 0 Å². The zero-order valence-electron chi connectivity index (χ0n) is 15.7. The molecule has 4 rings (SSSR count). The Morgan fingerprint density at radius 1 is 1.19 bits per heavy atom. The lowest BCUT2D eigenvalue weighted by atomic mass is 9.77. The number of esters is 1. The zero-order chi connectivity index (χ0) is 18.8. The van der Waals surface area contributed by atoms with E-state index < -0.39 is 0 Å². The van der Waals surface area contributed by atoms with Crippen LogP contribution in [-0.4, -0.2) is 52.1 Å². The second kappa shape index (κ2) is 7.82.